The van der Waals surface area contributed by atoms with E-state index in [1.54, 1.807) is 5.38 Å². The predicted octanol–water partition coefficient (Wildman–Crippen LogP) is -1.94. The molecule has 3 amide bonds. The van der Waals surface area contributed by atoms with Crippen molar-refractivity contribution in [1.29, 1.82) is 0 Å². The number of aromatic nitrogens is 1. The Morgan fingerprint density at radius 1 is 1.21 bits per heavy atom. The quantitative estimate of drug-likeness (QED) is 0.533. The SMILES string of the molecule is NCCc1nc(C(=O)N(CC(N)=O)CC(N)=O)cs1. The van der Waals surface area contributed by atoms with Crippen LogP contribution in [-0.4, -0.2) is 47.2 Å². The molecule has 19 heavy (non-hydrogen) atoms. The molecule has 0 bridgehead atoms. The summed E-state index contributed by atoms with van der Waals surface area (Å²) in [4.78, 5) is 38.9. The number of hydrogen-bond acceptors (Lipinski definition) is 6. The second-order valence-electron chi connectivity index (χ2n) is 3.76. The standard InChI is InChI=1S/C10H15N5O3S/c11-2-1-9-14-6(5-19-9)10(18)15(3-7(12)16)4-8(13)17/h5H,1-4,11H2,(H2,12,16)(H2,13,17). The molecule has 104 valence electrons. The van der Waals surface area contributed by atoms with Crippen molar-refractivity contribution in [2.24, 2.45) is 17.2 Å². The maximum Gasteiger partial charge on any atom is 0.274 e. The van der Waals surface area contributed by atoms with Crippen molar-refractivity contribution in [3.8, 4) is 0 Å². The minimum absolute atomic E-state index is 0.149. The third-order valence-electron chi connectivity index (χ3n) is 2.11. The molecule has 0 fully saturated rings. The Morgan fingerprint density at radius 2 is 1.79 bits per heavy atom. The van der Waals surface area contributed by atoms with Crippen LogP contribution in [-0.2, 0) is 16.0 Å². The van der Waals surface area contributed by atoms with Gasteiger partial charge in [-0.15, -0.1) is 11.3 Å². The number of rotatable bonds is 7. The number of amides is 3. The first kappa shape index (κ1) is 15.1. The predicted molar refractivity (Wildman–Crippen MR) is 69.2 cm³/mol. The van der Waals surface area contributed by atoms with Crippen LogP contribution in [0.5, 0.6) is 0 Å². The molecule has 0 aliphatic heterocycles. The van der Waals surface area contributed by atoms with Gasteiger partial charge in [-0.3, -0.25) is 14.4 Å². The molecular formula is C10H15N5O3S. The van der Waals surface area contributed by atoms with Crippen LogP contribution in [0, 0.1) is 0 Å². The summed E-state index contributed by atoms with van der Waals surface area (Å²) in [6.07, 6.45) is 0.559. The summed E-state index contributed by atoms with van der Waals surface area (Å²) in [7, 11) is 0. The number of carbonyl (C=O) groups is 3. The zero-order valence-corrected chi connectivity index (χ0v) is 11.0. The molecule has 0 saturated heterocycles. The molecule has 6 N–H and O–H groups in total. The summed E-state index contributed by atoms with van der Waals surface area (Å²) < 4.78 is 0. The van der Waals surface area contributed by atoms with E-state index in [2.05, 4.69) is 4.98 Å². The van der Waals surface area contributed by atoms with Gasteiger partial charge in [0, 0.05) is 11.8 Å². The highest BCUT2D eigenvalue weighted by molar-refractivity contribution is 7.09. The van der Waals surface area contributed by atoms with Crippen molar-refractivity contribution in [2.75, 3.05) is 19.6 Å². The summed E-state index contributed by atoms with van der Waals surface area (Å²) in [5.74, 6) is -2.02. The lowest BCUT2D eigenvalue weighted by Crippen LogP contribution is -2.43. The Hall–Kier alpha value is -2.00. The maximum atomic E-state index is 12.1. The summed E-state index contributed by atoms with van der Waals surface area (Å²) in [5.41, 5.74) is 15.6. The van der Waals surface area contributed by atoms with E-state index in [0.29, 0.717) is 18.0 Å². The second kappa shape index (κ2) is 6.81. The zero-order chi connectivity index (χ0) is 14.4. The molecule has 1 rings (SSSR count). The number of hydrogen-bond donors (Lipinski definition) is 3. The Bertz CT molecular complexity index is 471. The molecule has 1 aromatic rings. The van der Waals surface area contributed by atoms with E-state index < -0.39 is 17.7 Å². The van der Waals surface area contributed by atoms with E-state index in [4.69, 9.17) is 17.2 Å². The molecule has 0 unspecified atom stereocenters. The van der Waals surface area contributed by atoms with E-state index in [1.807, 2.05) is 0 Å². The Kier molecular flexibility index (Phi) is 5.39. The summed E-state index contributed by atoms with van der Waals surface area (Å²) in [5, 5.41) is 2.26. The lowest BCUT2D eigenvalue weighted by Gasteiger charge is -2.17. The van der Waals surface area contributed by atoms with Crippen LogP contribution in [0.4, 0.5) is 0 Å². The van der Waals surface area contributed by atoms with Crippen LogP contribution in [0.1, 0.15) is 15.5 Å². The third kappa shape index (κ3) is 4.64. The van der Waals surface area contributed by atoms with E-state index in [0.717, 1.165) is 4.90 Å². The van der Waals surface area contributed by atoms with Gasteiger partial charge in [-0.1, -0.05) is 0 Å². The van der Waals surface area contributed by atoms with Crippen molar-refractivity contribution in [2.45, 2.75) is 6.42 Å². The van der Waals surface area contributed by atoms with Crippen molar-refractivity contribution >= 4 is 29.1 Å². The fourth-order valence-electron chi connectivity index (χ4n) is 1.39. The van der Waals surface area contributed by atoms with E-state index in [9.17, 15) is 14.4 Å². The lowest BCUT2D eigenvalue weighted by atomic mass is 10.3. The molecule has 1 heterocycles. The fourth-order valence-corrected chi connectivity index (χ4v) is 2.17. The van der Waals surface area contributed by atoms with Gasteiger partial charge in [0.2, 0.25) is 11.8 Å². The van der Waals surface area contributed by atoms with Crippen molar-refractivity contribution in [3.05, 3.63) is 16.1 Å². The average molecular weight is 285 g/mol. The molecule has 0 saturated carbocycles. The molecule has 0 aromatic carbocycles. The third-order valence-corrected chi connectivity index (χ3v) is 3.02. The molecule has 8 nitrogen and oxygen atoms in total. The lowest BCUT2D eigenvalue weighted by molar-refractivity contribution is -0.121. The van der Waals surface area contributed by atoms with Crippen molar-refractivity contribution < 1.29 is 14.4 Å². The van der Waals surface area contributed by atoms with Crippen LogP contribution in [0.3, 0.4) is 0 Å². The Morgan fingerprint density at radius 3 is 2.26 bits per heavy atom. The van der Waals surface area contributed by atoms with Gasteiger partial charge in [0.15, 0.2) is 0 Å². The van der Waals surface area contributed by atoms with Gasteiger partial charge in [-0.25, -0.2) is 4.98 Å². The van der Waals surface area contributed by atoms with Gasteiger partial charge in [-0.2, -0.15) is 0 Å². The number of nitrogens with two attached hydrogens (primary N) is 3. The number of nitrogens with zero attached hydrogens (tertiary/aromatic N) is 2. The van der Waals surface area contributed by atoms with Crippen LogP contribution >= 0.6 is 11.3 Å². The molecule has 0 aliphatic rings. The minimum Gasteiger partial charge on any atom is -0.368 e. The van der Waals surface area contributed by atoms with Gasteiger partial charge < -0.3 is 22.1 Å². The van der Waals surface area contributed by atoms with Crippen molar-refractivity contribution in [1.82, 2.24) is 9.88 Å². The average Bonchev–Trinajstić information content (AvgIpc) is 2.75. The summed E-state index contributed by atoms with van der Waals surface area (Å²) in [6, 6.07) is 0. The van der Waals surface area contributed by atoms with E-state index in [1.165, 1.54) is 11.3 Å². The molecule has 0 spiro atoms. The smallest absolute Gasteiger partial charge is 0.274 e. The Labute approximate surface area is 113 Å². The van der Waals surface area contributed by atoms with Gasteiger partial charge >= 0.3 is 0 Å². The van der Waals surface area contributed by atoms with E-state index in [-0.39, 0.29) is 18.8 Å². The minimum atomic E-state index is -0.730. The number of thiazole rings is 1. The number of primary amides is 2. The first-order valence-electron chi connectivity index (χ1n) is 5.44. The van der Waals surface area contributed by atoms with Crippen LogP contribution < -0.4 is 17.2 Å². The monoisotopic (exact) mass is 285 g/mol. The molecule has 1 aromatic heterocycles. The van der Waals surface area contributed by atoms with Gasteiger partial charge in [-0.05, 0) is 6.54 Å². The van der Waals surface area contributed by atoms with Crippen molar-refractivity contribution in [3.63, 3.8) is 0 Å². The Balaban J connectivity index is 2.84. The van der Waals surface area contributed by atoms with Crippen LogP contribution in [0.2, 0.25) is 0 Å². The molecule has 0 radical (unpaired) electrons. The highest BCUT2D eigenvalue weighted by atomic mass is 32.1. The topological polar surface area (TPSA) is 145 Å². The number of carbonyl (C=O) groups excluding carboxylic acids is 3. The first-order valence-corrected chi connectivity index (χ1v) is 6.32. The second-order valence-corrected chi connectivity index (χ2v) is 4.70. The van der Waals surface area contributed by atoms with E-state index >= 15 is 0 Å². The molecular weight excluding hydrogens is 270 g/mol. The fraction of sp³-hybridized carbons (Fsp3) is 0.400. The highest BCUT2D eigenvalue weighted by Crippen LogP contribution is 2.12. The van der Waals surface area contributed by atoms with Gasteiger partial charge in [0.1, 0.15) is 18.8 Å². The molecule has 0 aliphatic carbocycles. The molecule has 0 atom stereocenters. The highest BCUT2D eigenvalue weighted by Gasteiger charge is 2.21. The van der Waals surface area contributed by atoms with Crippen LogP contribution in [0.25, 0.3) is 0 Å². The molecule has 9 heteroatoms. The summed E-state index contributed by atoms with van der Waals surface area (Å²) in [6.45, 7) is -0.343. The van der Waals surface area contributed by atoms with Gasteiger partial charge in [0.25, 0.3) is 5.91 Å². The zero-order valence-electron chi connectivity index (χ0n) is 10.2. The first-order chi connectivity index (χ1) is 8.93. The van der Waals surface area contributed by atoms with Gasteiger partial charge in [0.05, 0.1) is 5.01 Å². The largest absolute Gasteiger partial charge is 0.368 e. The normalized spacial score (nSPS) is 10.2. The summed E-state index contributed by atoms with van der Waals surface area (Å²) >= 11 is 1.29. The van der Waals surface area contributed by atoms with Crippen LogP contribution in [0.15, 0.2) is 5.38 Å². The maximum absolute atomic E-state index is 12.1.